The van der Waals surface area contributed by atoms with Crippen molar-refractivity contribution in [1.82, 2.24) is 10.2 Å². The van der Waals surface area contributed by atoms with E-state index < -0.39 is 0 Å². The fourth-order valence-electron chi connectivity index (χ4n) is 4.44. The lowest BCUT2D eigenvalue weighted by Crippen LogP contribution is -2.54. The second-order valence-electron chi connectivity index (χ2n) is 8.97. The molecule has 0 aromatic heterocycles. The van der Waals surface area contributed by atoms with E-state index in [1.54, 1.807) is 0 Å². The minimum Gasteiger partial charge on any atom is -0.487 e. The number of esters is 1. The van der Waals surface area contributed by atoms with Crippen molar-refractivity contribution < 1.29 is 23.9 Å². The maximum absolute atomic E-state index is 12.4. The Balaban J connectivity index is 1.41. The summed E-state index contributed by atoms with van der Waals surface area (Å²) in [6.07, 6.45) is 0.865. The van der Waals surface area contributed by atoms with Crippen LogP contribution in [-0.4, -0.2) is 81.2 Å². The number of hydrogen-bond donors (Lipinski definition) is 1. The molecule has 2 amide bonds. The molecule has 2 saturated heterocycles. The highest BCUT2D eigenvalue weighted by Gasteiger charge is 2.36. The number of benzene rings is 1. The molecule has 32 heavy (non-hydrogen) atoms. The molecule has 1 unspecified atom stereocenters. The van der Waals surface area contributed by atoms with E-state index in [1.165, 1.54) is 0 Å². The number of fused-ring (bicyclic) bond motifs is 1. The van der Waals surface area contributed by atoms with E-state index >= 15 is 0 Å². The average molecular weight is 445 g/mol. The molecule has 9 nitrogen and oxygen atoms in total. The summed E-state index contributed by atoms with van der Waals surface area (Å²) >= 11 is 0. The zero-order chi connectivity index (χ0) is 22.7. The molecule has 3 aliphatic heterocycles. The summed E-state index contributed by atoms with van der Waals surface area (Å²) in [6.45, 7) is 8.98. The Labute approximate surface area is 188 Å². The molecule has 1 aromatic rings. The van der Waals surface area contributed by atoms with Gasteiger partial charge in [0, 0.05) is 32.6 Å². The first kappa shape index (κ1) is 22.4. The smallest absolute Gasteiger partial charge is 0.320 e. The quantitative estimate of drug-likeness (QED) is 0.514. The van der Waals surface area contributed by atoms with Gasteiger partial charge in [0.2, 0.25) is 11.8 Å². The molecule has 9 heteroatoms. The van der Waals surface area contributed by atoms with Gasteiger partial charge in [0.15, 0.2) is 5.75 Å². The highest BCUT2D eigenvalue weighted by molar-refractivity contribution is 6.02. The number of hydrogen-bond acceptors (Lipinski definition) is 8. The monoisotopic (exact) mass is 444 g/mol. The number of piperidine rings is 1. The van der Waals surface area contributed by atoms with Crippen molar-refractivity contribution in [1.29, 1.82) is 0 Å². The lowest BCUT2D eigenvalue weighted by atomic mass is 10.0. The number of ether oxygens (including phenoxy) is 2. The molecular formula is C23H32N4O5. The number of nitrogens with zero attached hydrogens (tertiary/aromatic N) is 3. The summed E-state index contributed by atoms with van der Waals surface area (Å²) in [4.78, 5) is 42.5. The van der Waals surface area contributed by atoms with Crippen LogP contribution in [0.3, 0.4) is 0 Å². The largest absolute Gasteiger partial charge is 0.487 e. The number of anilines is 2. The fourth-order valence-corrected chi connectivity index (χ4v) is 4.44. The number of rotatable bonds is 6. The minimum absolute atomic E-state index is 0.174. The van der Waals surface area contributed by atoms with Gasteiger partial charge in [-0.2, -0.15) is 0 Å². The number of para-hydroxylation sites is 1. The molecule has 174 valence electrons. The second-order valence-corrected chi connectivity index (χ2v) is 8.97. The van der Waals surface area contributed by atoms with E-state index in [0.717, 1.165) is 43.3 Å². The lowest BCUT2D eigenvalue weighted by molar-refractivity contribution is -0.146. The number of piperazine rings is 1. The van der Waals surface area contributed by atoms with Crippen LogP contribution in [0.2, 0.25) is 0 Å². The maximum Gasteiger partial charge on any atom is 0.320 e. The zero-order valence-electron chi connectivity index (χ0n) is 18.8. The van der Waals surface area contributed by atoms with Gasteiger partial charge in [0.05, 0.1) is 31.1 Å². The second kappa shape index (κ2) is 9.77. The van der Waals surface area contributed by atoms with E-state index in [1.807, 2.05) is 32.0 Å². The summed E-state index contributed by atoms with van der Waals surface area (Å²) in [5.41, 5.74) is 1.89. The Morgan fingerprint density at radius 3 is 2.62 bits per heavy atom. The van der Waals surface area contributed by atoms with Crippen LogP contribution in [-0.2, 0) is 19.1 Å². The Bertz CT molecular complexity index is 866. The van der Waals surface area contributed by atoms with Crippen LogP contribution in [0.25, 0.3) is 0 Å². The van der Waals surface area contributed by atoms with Crippen molar-refractivity contribution in [3.05, 3.63) is 18.2 Å². The molecule has 0 spiro atoms. The SMILES string of the molecule is CC(C)COC(=O)CN1CCN(c2cccc3c2OCCN3C2CCC(=O)NC2=O)CC1. The molecule has 1 aromatic carbocycles. The number of carbonyl (C=O) groups is 3. The molecule has 0 saturated carbocycles. The zero-order valence-corrected chi connectivity index (χ0v) is 18.8. The molecule has 4 rings (SSSR count). The van der Waals surface area contributed by atoms with Gasteiger partial charge in [-0.3, -0.25) is 24.6 Å². The Kier molecular flexibility index (Phi) is 6.83. The third-order valence-electron chi connectivity index (χ3n) is 6.09. The summed E-state index contributed by atoms with van der Waals surface area (Å²) in [6, 6.07) is 5.64. The van der Waals surface area contributed by atoms with Gasteiger partial charge in [-0.05, 0) is 24.5 Å². The predicted octanol–water partition coefficient (Wildman–Crippen LogP) is 1.01. The number of imide groups is 1. The predicted molar refractivity (Wildman–Crippen MR) is 120 cm³/mol. The maximum atomic E-state index is 12.4. The molecule has 1 atom stereocenters. The highest BCUT2D eigenvalue weighted by Crippen LogP contribution is 2.42. The van der Waals surface area contributed by atoms with Crippen molar-refractivity contribution in [2.45, 2.75) is 32.7 Å². The van der Waals surface area contributed by atoms with Crippen LogP contribution in [0.4, 0.5) is 11.4 Å². The lowest BCUT2D eigenvalue weighted by Gasteiger charge is -2.41. The summed E-state index contributed by atoms with van der Waals surface area (Å²) in [7, 11) is 0. The minimum atomic E-state index is -0.362. The topological polar surface area (TPSA) is 91.4 Å². The molecule has 1 N–H and O–H groups in total. The average Bonchev–Trinajstić information content (AvgIpc) is 2.78. The highest BCUT2D eigenvalue weighted by atomic mass is 16.5. The van der Waals surface area contributed by atoms with Crippen molar-refractivity contribution in [2.24, 2.45) is 5.92 Å². The van der Waals surface area contributed by atoms with Crippen LogP contribution in [0.1, 0.15) is 26.7 Å². The van der Waals surface area contributed by atoms with E-state index in [9.17, 15) is 14.4 Å². The molecule has 3 heterocycles. The number of amides is 2. The van der Waals surface area contributed by atoms with E-state index in [4.69, 9.17) is 9.47 Å². The van der Waals surface area contributed by atoms with Gasteiger partial charge >= 0.3 is 5.97 Å². The first-order valence-electron chi connectivity index (χ1n) is 11.4. The summed E-state index contributed by atoms with van der Waals surface area (Å²) in [5, 5.41) is 2.46. The van der Waals surface area contributed by atoms with Crippen LogP contribution < -0.4 is 19.9 Å². The standard InChI is InChI=1S/C23H32N4O5/c1-16(2)15-32-21(29)14-25-8-10-26(11-9-25)17-4-3-5-18-22(17)31-13-12-27(18)19-6-7-20(28)24-23(19)30/h3-5,16,19H,6-15H2,1-2H3,(H,24,28,30). The number of carbonyl (C=O) groups excluding carboxylic acids is 3. The van der Waals surface area contributed by atoms with Crippen molar-refractivity contribution in [3.63, 3.8) is 0 Å². The van der Waals surface area contributed by atoms with Crippen molar-refractivity contribution in [3.8, 4) is 5.75 Å². The third-order valence-corrected chi connectivity index (χ3v) is 6.09. The van der Waals surface area contributed by atoms with Gasteiger partial charge in [0.25, 0.3) is 0 Å². The first-order valence-corrected chi connectivity index (χ1v) is 11.4. The van der Waals surface area contributed by atoms with Gasteiger partial charge < -0.3 is 19.3 Å². The molecule has 0 radical (unpaired) electrons. The van der Waals surface area contributed by atoms with Crippen molar-refractivity contribution >= 4 is 29.2 Å². The number of nitrogens with one attached hydrogen (secondary N) is 1. The van der Waals surface area contributed by atoms with E-state index in [2.05, 4.69) is 20.0 Å². The van der Waals surface area contributed by atoms with Crippen LogP contribution in [0.5, 0.6) is 5.75 Å². The van der Waals surface area contributed by atoms with E-state index in [-0.39, 0.29) is 23.8 Å². The van der Waals surface area contributed by atoms with Gasteiger partial charge in [-0.1, -0.05) is 19.9 Å². The van der Waals surface area contributed by atoms with Gasteiger partial charge in [-0.15, -0.1) is 0 Å². The first-order chi connectivity index (χ1) is 15.4. The normalized spacial score (nSPS) is 21.8. The molecule has 3 aliphatic rings. The molecule has 2 fully saturated rings. The molecule has 0 bridgehead atoms. The van der Waals surface area contributed by atoms with Crippen LogP contribution >= 0.6 is 0 Å². The molecule has 0 aliphatic carbocycles. The Morgan fingerprint density at radius 2 is 1.91 bits per heavy atom. The van der Waals surface area contributed by atoms with Crippen LogP contribution in [0.15, 0.2) is 18.2 Å². The summed E-state index contributed by atoms with van der Waals surface area (Å²) in [5.74, 6) is 0.498. The van der Waals surface area contributed by atoms with Gasteiger partial charge in [0.1, 0.15) is 12.6 Å². The third kappa shape index (κ3) is 4.98. The van der Waals surface area contributed by atoms with Crippen LogP contribution in [0, 0.1) is 5.92 Å². The summed E-state index contributed by atoms with van der Waals surface area (Å²) < 4.78 is 11.4. The van der Waals surface area contributed by atoms with Crippen molar-refractivity contribution in [2.75, 3.05) is 62.3 Å². The Hall–Kier alpha value is -2.81. The fraction of sp³-hybridized carbons (Fsp3) is 0.609. The van der Waals surface area contributed by atoms with Gasteiger partial charge in [-0.25, -0.2) is 0 Å². The van der Waals surface area contributed by atoms with E-state index in [0.29, 0.717) is 45.1 Å². The molecular weight excluding hydrogens is 412 g/mol. The Morgan fingerprint density at radius 1 is 1.16 bits per heavy atom.